The molecule has 2 aliphatic rings. The van der Waals surface area contributed by atoms with Crippen molar-refractivity contribution in [2.45, 2.75) is 39.0 Å². The van der Waals surface area contributed by atoms with Crippen LogP contribution in [0, 0.1) is 17.8 Å². The van der Waals surface area contributed by atoms with E-state index in [1.54, 1.807) is 0 Å². The van der Waals surface area contributed by atoms with Crippen molar-refractivity contribution in [1.82, 2.24) is 10.2 Å². The molecule has 0 aromatic heterocycles. The number of fused-ring (bicyclic) bond motifs is 3. The Morgan fingerprint density at radius 2 is 1.69 bits per heavy atom. The predicted molar refractivity (Wildman–Crippen MR) is 133 cm³/mol. The quantitative estimate of drug-likeness (QED) is 0.553. The van der Waals surface area contributed by atoms with Gasteiger partial charge in [0.05, 0.1) is 5.92 Å². The van der Waals surface area contributed by atoms with Crippen LogP contribution < -0.4 is 5.32 Å². The van der Waals surface area contributed by atoms with Crippen LogP contribution in [0.1, 0.15) is 50.2 Å². The number of carbonyl (C=O) groups excluding carboxylic acids is 2. The van der Waals surface area contributed by atoms with Crippen molar-refractivity contribution < 1.29 is 24.2 Å². The molecule has 0 saturated carbocycles. The molecule has 7 heteroatoms. The van der Waals surface area contributed by atoms with Gasteiger partial charge in [-0.05, 0) is 46.9 Å². The first-order chi connectivity index (χ1) is 16.8. The molecule has 0 spiro atoms. The molecular formula is C28H34N2O5. The number of aliphatic carboxylic acids is 1. The van der Waals surface area contributed by atoms with E-state index in [2.05, 4.69) is 29.6 Å². The van der Waals surface area contributed by atoms with E-state index in [-0.39, 0.29) is 49.2 Å². The van der Waals surface area contributed by atoms with Crippen molar-refractivity contribution in [3.8, 4) is 11.1 Å². The summed E-state index contributed by atoms with van der Waals surface area (Å²) in [6, 6.07) is 16.4. The highest BCUT2D eigenvalue weighted by molar-refractivity contribution is 5.81. The summed E-state index contributed by atoms with van der Waals surface area (Å²) in [7, 11) is 0. The average molecular weight is 479 g/mol. The van der Waals surface area contributed by atoms with E-state index in [0.29, 0.717) is 19.5 Å². The second-order valence-electron chi connectivity index (χ2n) is 9.93. The lowest BCUT2D eigenvalue weighted by Gasteiger charge is -2.26. The van der Waals surface area contributed by atoms with Gasteiger partial charge in [0.25, 0.3) is 0 Å². The van der Waals surface area contributed by atoms with Gasteiger partial charge in [0.15, 0.2) is 0 Å². The van der Waals surface area contributed by atoms with Gasteiger partial charge in [-0.1, -0.05) is 62.4 Å². The highest BCUT2D eigenvalue weighted by Crippen LogP contribution is 2.44. The Morgan fingerprint density at radius 3 is 2.29 bits per heavy atom. The third kappa shape index (κ3) is 5.66. The normalized spacial score (nSPS) is 17.7. The zero-order chi connectivity index (χ0) is 24.9. The smallest absolute Gasteiger partial charge is 0.407 e. The number of alkyl carbamates (subject to hydrolysis) is 1. The molecule has 1 aliphatic heterocycles. The van der Waals surface area contributed by atoms with Crippen molar-refractivity contribution in [1.29, 1.82) is 0 Å². The van der Waals surface area contributed by atoms with Crippen molar-refractivity contribution in [3.05, 3.63) is 59.7 Å². The zero-order valence-corrected chi connectivity index (χ0v) is 20.4. The van der Waals surface area contributed by atoms with Crippen molar-refractivity contribution in [3.63, 3.8) is 0 Å². The minimum atomic E-state index is -0.804. The summed E-state index contributed by atoms with van der Waals surface area (Å²) in [5, 5.41) is 11.7. The number of nitrogens with one attached hydrogen (secondary N) is 1. The molecule has 186 valence electrons. The minimum absolute atomic E-state index is 0.0109. The number of nitrogens with zero attached hydrogens (tertiary/aromatic N) is 1. The summed E-state index contributed by atoms with van der Waals surface area (Å²) in [6.07, 6.45) is 1.02. The second kappa shape index (κ2) is 10.9. The van der Waals surface area contributed by atoms with Gasteiger partial charge >= 0.3 is 12.1 Å². The van der Waals surface area contributed by atoms with Gasteiger partial charge in [-0.2, -0.15) is 0 Å². The van der Waals surface area contributed by atoms with E-state index in [0.717, 1.165) is 17.5 Å². The third-order valence-electron chi connectivity index (χ3n) is 7.30. The van der Waals surface area contributed by atoms with Crippen LogP contribution in [0.15, 0.2) is 48.5 Å². The molecule has 0 bridgehead atoms. The Bertz CT molecular complexity index is 1040. The number of likely N-dealkylation sites (tertiary alicyclic amines) is 1. The molecule has 2 aromatic rings. The van der Waals surface area contributed by atoms with Crippen LogP contribution in [0.4, 0.5) is 4.79 Å². The summed E-state index contributed by atoms with van der Waals surface area (Å²) >= 11 is 0. The molecule has 35 heavy (non-hydrogen) atoms. The maximum Gasteiger partial charge on any atom is 0.407 e. The second-order valence-corrected chi connectivity index (χ2v) is 9.93. The number of hydrogen-bond acceptors (Lipinski definition) is 4. The number of carboxylic acid groups (broad SMARTS) is 1. The van der Waals surface area contributed by atoms with Gasteiger partial charge in [0.1, 0.15) is 6.61 Å². The molecule has 2 amide bonds. The number of hydrogen-bond donors (Lipinski definition) is 2. The first kappa shape index (κ1) is 24.8. The summed E-state index contributed by atoms with van der Waals surface area (Å²) < 4.78 is 5.62. The average Bonchev–Trinajstić information content (AvgIpc) is 3.44. The van der Waals surface area contributed by atoms with Crippen molar-refractivity contribution in [2.24, 2.45) is 17.8 Å². The fourth-order valence-corrected chi connectivity index (χ4v) is 5.28. The number of rotatable bonds is 9. The Kier molecular flexibility index (Phi) is 7.73. The molecule has 1 saturated heterocycles. The van der Waals surface area contributed by atoms with E-state index in [1.165, 1.54) is 11.1 Å². The van der Waals surface area contributed by atoms with E-state index < -0.39 is 12.1 Å². The van der Waals surface area contributed by atoms with Crippen LogP contribution in [-0.2, 0) is 14.3 Å². The Labute approximate surface area is 206 Å². The zero-order valence-electron chi connectivity index (χ0n) is 20.4. The van der Waals surface area contributed by atoms with Crippen LogP contribution in [0.3, 0.4) is 0 Å². The largest absolute Gasteiger partial charge is 0.481 e. The molecule has 4 rings (SSSR count). The minimum Gasteiger partial charge on any atom is -0.481 e. The first-order valence-electron chi connectivity index (χ1n) is 12.4. The summed E-state index contributed by atoms with van der Waals surface area (Å²) in [4.78, 5) is 38.4. The predicted octanol–water partition coefficient (Wildman–Crippen LogP) is 4.51. The lowest BCUT2D eigenvalue weighted by atomic mass is 9.94. The van der Waals surface area contributed by atoms with Gasteiger partial charge < -0.3 is 20.1 Å². The number of carbonyl (C=O) groups is 3. The van der Waals surface area contributed by atoms with Crippen molar-refractivity contribution >= 4 is 18.0 Å². The Hall–Kier alpha value is -3.35. The molecule has 1 heterocycles. The molecule has 0 radical (unpaired) electrons. The molecule has 2 aromatic carbocycles. The SMILES string of the molecule is CC(C)C(CNC(=O)OCC1c2ccccc2-c2ccccc21)C(=O)N1CCC(CCC(=O)O)C1. The fraction of sp³-hybridized carbons (Fsp3) is 0.464. The highest BCUT2D eigenvalue weighted by Gasteiger charge is 2.33. The molecule has 2 N–H and O–H groups in total. The molecular weight excluding hydrogens is 444 g/mol. The molecule has 2 unspecified atom stereocenters. The van der Waals surface area contributed by atoms with Crippen LogP contribution in [0.25, 0.3) is 11.1 Å². The maximum absolute atomic E-state index is 13.1. The van der Waals surface area contributed by atoms with Crippen molar-refractivity contribution in [2.75, 3.05) is 26.2 Å². The number of carboxylic acids is 1. The summed E-state index contributed by atoms with van der Waals surface area (Å²) in [5.41, 5.74) is 4.66. The summed E-state index contributed by atoms with van der Waals surface area (Å²) in [6.45, 7) is 5.61. The van der Waals surface area contributed by atoms with Gasteiger partial charge in [-0.25, -0.2) is 4.79 Å². The van der Waals surface area contributed by atoms with E-state index in [4.69, 9.17) is 9.84 Å². The molecule has 1 aliphatic carbocycles. The Morgan fingerprint density at radius 1 is 1.06 bits per heavy atom. The highest BCUT2D eigenvalue weighted by atomic mass is 16.5. The van der Waals surface area contributed by atoms with Crippen LogP contribution in [0.2, 0.25) is 0 Å². The Balaban J connectivity index is 1.30. The van der Waals surface area contributed by atoms with Gasteiger partial charge in [-0.3, -0.25) is 9.59 Å². The number of amides is 2. The topological polar surface area (TPSA) is 95.9 Å². The lowest BCUT2D eigenvalue weighted by Crippen LogP contribution is -2.43. The van der Waals surface area contributed by atoms with Crippen LogP contribution in [-0.4, -0.2) is 54.2 Å². The molecule has 1 fully saturated rings. The van der Waals surface area contributed by atoms with Gasteiger partial charge in [0.2, 0.25) is 5.91 Å². The first-order valence-corrected chi connectivity index (χ1v) is 12.4. The monoisotopic (exact) mass is 478 g/mol. The maximum atomic E-state index is 13.1. The number of ether oxygens (including phenoxy) is 1. The molecule has 7 nitrogen and oxygen atoms in total. The van der Waals surface area contributed by atoms with Gasteiger partial charge in [0, 0.05) is 32.0 Å². The molecule has 2 atom stereocenters. The van der Waals surface area contributed by atoms with Crippen LogP contribution >= 0.6 is 0 Å². The third-order valence-corrected chi connectivity index (χ3v) is 7.30. The number of benzene rings is 2. The standard InChI is InChI=1S/C28H34N2O5/c1-18(2)24(27(33)30-14-13-19(16-30)11-12-26(31)32)15-29-28(34)35-17-25-22-9-5-3-7-20(22)21-8-4-6-10-23(21)25/h3-10,18-19,24-25H,11-17H2,1-2H3,(H,29,34)(H,31,32). The lowest BCUT2D eigenvalue weighted by molar-refractivity contribution is -0.137. The van der Waals surface area contributed by atoms with Crippen LogP contribution in [0.5, 0.6) is 0 Å². The summed E-state index contributed by atoms with van der Waals surface area (Å²) in [5.74, 6) is -0.886. The fourth-order valence-electron chi connectivity index (χ4n) is 5.28. The van der Waals surface area contributed by atoms with E-state index in [9.17, 15) is 14.4 Å². The van der Waals surface area contributed by atoms with Gasteiger partial charge in [-0.15, -0.1) is 0 Å². The van der Waals surface area contributed by atoms with E-state index >= 15 is 0 Å². The van der Waals surface area contributed by atoms with E-state index in [1.807, 2.05) is 43.0 Å².